The molecule has 0 saturated carbocycles. The van der Waals surface area contributed by atoms with Crippen molar-refractivity contribution < 1.29 is 9.90 Å². The van der Waals surface area contributed by atoms with Crippen molar-refractivity contribution in [1.29, 1.82) is 0 Å². The molecule has 0 aliphatic carbocycles. The van der Waals surface area contributed by atoms with Gasteiger partial charge in [-0.15, -0.1) is 0 Å². The van der Waals surface area contributed by atoms with Gasteiger partial charge in [-0.2, -0.15) is 5.10 Å². The van der Waals surface area contributed by atoms with Gasteiger partial charge in [0.15, 0.2) is 0 Å². The number of carbonyl (C=O) groups is 1. The lowest BCUT2D eigenvalue weighted by atomic mass is 10.1. The molecule has 20 heavy (non-hydrogen) atoms. The predicted molar refractivity (Wildman–Crippen MR) is 75.0 cm³/mol. The molecule has 2 N–H and O–H groups in total. The van der Waals surface area contributed by atoms with Crippen molar-refractivity contribution in [3.8, 4) is 11.3 Å². The van der Waals surface area contributed by atoms with Crippen molar-refractivity contribution in [2.45, 2.75) is 0 Å². The van der Waals surface area contributed by atoms with Gasteiger partial charge in [0, 0.05) is 24.7 Å². The van der Waals surface area contributed by atoms with Crippen LogP contribution in [0.2, 0.25) is 0 Å². The highest BCUT2D eigenvalue weighted by Crippen LogP contribution is 2.19. The number of aromatic carboxylic acids is 1. The molecular weight excluding hydrogens is 256 g/mol. The second-order valence-corrected chi connectivity index (χ2v) is 4.68. The number of carboxylic acids is 1. The Labute approximate surface area is 115 Å². The number of nitrogens with zero attached hydrogens (tertiary/aromatic N) is 3. The van der Waals surface area contributed by atoms with E-state index in [1.165, 1.54) is 6.07 Å². The summed E-state index contributed by atoms with van der Waals surface area (Å²) in [5.74, 6) is -0.0212. The summed E-state index contributed by atoms with van der Waals surface area (Å²) in [7, 11) is 2.02. The van der Waals surface area contributed by atoms with Crippen molar-refractivity contribution in [3.05, 3.63) is 41.6 Å². The van der Waals surface area contributed by atoms with E-state index in [1.54, 1.807) is 0 Å². The fraction of sp³-hybridized carbons (Fsp3) is 0.214. The Balaban J connectivity index is 1.87. The summed E-state index contributed by atoms with van der Waals surface area (Å²) >= 11 is 0. The highest BCUT2D eigenvalue weighted by atomic mass is 16.4. The van der Waals surface area contributed by atoms with Crippen LogP contribution < -0.4 is 0 Å². The Kier molecular flexibility index (Phi) is 2.98. The number of hydrogen-bond donors (Lipinski definition) is 2. The van der Waals surface area contributed by atoms with E-state index < -0.39 is 5.97 Å². The first-order valence-corrected chi connectivity index (χ1v) is 6.30. The number of aromatic nitrogens is 2. The number of aromatic amines is 1. The van der Waals surface area contributed by atoms with Gasteiger partial charge in [0.25, 0.3) is 0 Å². The third-order valence-electron chi connectivity index (χ3n) is 3.31. The molecule has 0 radical (unpaired) electrons. The third kappa shape index (κ3) is 2.16. The molecular formula is C14H14N4O2. The summed E-state index contributed by atoms with van der Waals surface area (Å²) in [5.41, 5.74) is 2.64. The van der Waals surface area contributed by atoms with Crippen molar-refractivity contribution >= 4 is 11.8 Å². The zero-order chi connectivity index (χ0) is 14.1. The van der Waals surface area contributed by atoms with Crippen LogP contribution in [0.3, 0.4) is 0 Å². The molecule has 1 aliphatic rings. The number of H-pyrrole nitrogens is 1. The minimum atomic E-state index is -1.01. The van der Waals surface area contributed by atoms with Crippen LogP contribution in [-0.2, 0) is 0 Å². The van der Waals surface area contributed by atoms with Crippen LogP contribution in [0, 0.1) is 0 Å². The first-order valence-electron chi connectivity index (χ1n) is 6.30. The van der Waals surface area contributed by atoms with Gasteiger partial charge >= 0.3 is 5.97 Å². The Morgan fingerprint density at radius 2 is 2.00 bits per heavy atom. The van der Waals surface area contributed by atoms with E-state index in [2.05, 4.69) is 20.1 Å². The highest BCUT2D eigenvalue weighted by Gasteiger charge is 2.15. The SMILES string of the molecule is CN1CCN=C1c1ccc(-c2cc(C(=O)O)[nH]n2)cc1. The summed E-state index contributed by atoms with van der Waals surface area (Å²) in [6, 6.07) is 9.32. The molecule has 1 aliphatic heterocycles. The number of carboxylic acid groups (broad SMARTS) is 1. The Bertz CT molecular complexity index is 673. The largest absolute Gasteiger partial charge is 0.477 e. The van der Waals surface area contributed by atoms with Gasteiger partial charge in [-0.1, -0.05) is 24.3 Å². The Hall–Kier alpha value is -2.63. The Morgan fingerprint density at radius 3 is 2.55 bits per heavy atom. The Morgan fingerprint density at radius 1 is 1.30 bits per heavy atom. The van der Waals surface area contributed by atoms with E-state index in [-0.39, 0.29) is 5.69 Å². The summed E-state index contributed by atoms with van der Waals surface area (Å²) < 4.78 is 0. The van der Waals surface area contributed by atoms with E-state index in [0.717, 1.165) is 30.1 Å². The molecule has 0 spiro atoms. The standard InChI is InChI=1S/C14H14N4O2/c1-18-7-6-15-13(18)10-4-2-9(3-5-10)11-8-12(14(19)20)17-16-11/h2-5,8H,6-7H2,1H3,(H,16,17)(H,19,20). The lowest BCUT2D eigenvalue weighted by Crippen LogP contribution is -2.23. The van der Waals surface area contributed by atoms with E-state index >= 15 is 0 Å². The zero-order valence-corrected chi connectivity index (χ0v) is 11.0. The monoisotopic (exact) mass is 270 g/mol. The number of rotatable bonds is 3. The van der Waals surface area contributed by atoms with Crippen LogP contribution in [0.25, 0.3) is 11.3 Å². The summed E-state index contributed by atoms with van der Waals surface area (Å²) in [6.07, 6.45) is 0. The molecule has 0 unspecified atom stereocenters. The van der Waals surface area contributed by atoms with Gasteiger partial charge in [0.2, 0.25) is 0 Å². The minimum Gasteiger partial charge on any atom is -0.477 e. The lowest BCUT2D eigenvalue weighted by molar-refractivity contribution is 0.0690. The van der Waals surface area contributed by atoms with E-state index in [0.29, 0.717) is 5.69 Å². The summed E-state index contributed by atoms with van der Waals surface area (Å²) in [5, 5.41) is 15.4. The maximum absolute atomic E-state index is 10.8. The fourth-order valence-corrected chi connectivity index (χ4v) is 2.21. The molecule has 0 amide bonds. The summed E-state index contributed by atoms with van der Waals surface area (Å²) in [6.45, 7) is 1.77. The van der Waals surface area contributed by atoms with Gasteiger partial charge in [0.1, 0.15) is 11.5 Å². The van der Waals surface area contributed by atoms with Gasteiger partial charge in [-0.3, -0.25) is 10.1 Å². The van der Waals surface area contributed by atoms with E-state index in [4.69, 9.17) is 5.11 Å². The van der Waals surface area contributed by atoms with Gasteiger partial charge in [0.05, 0.1) is 12.2 Å². The predicted octanol–water partition coefficient (Wildman–Crippen LogP) is 1.47. The van der Waals surface area contributed by atoms with Crippen LogP contribution in [0.15, 0.2) is 35.3 Å². The maximum atomic E-state index is 10.8. The molecule has 6 nitrogen and oxygen atoms in total. The second kappa shape index (κ2) is 4.80. The molecule has 1 aromatic heterocycles. The number of nitrogens with one attached hydrogen (secondary N) is 1. The van der Waals surface area contributed by atoms with Crippen LogP contribution >= 0.6 is 0 Å². The molecule has 2 heterocycles. The molecule has 1 aromatic carbocycles. The van der Waals surface area contributed by atoms with Crippen LogP contribution in [0.1, 0.15) is 16.1 Å². The van der Waals surface area contributed by atoms with E-state index in [1.807, 2.05) is 31.3 Å². The second-order valence-electron chi connectivity index (χ2n) is 4.68. The number of amidine groups is 1. The van der Waals surface area contributed by atoms with Gasteiger partial charge in [-0.25, -0.2) is 4.79 Å². The van der Waals surface area contributed by atoms with Crippen molar-refractivity contribution in [2.75, 3.05) is 20.1 Å². The molecule has 0 bridgehead atoms. The molecule has 102 valence electrons. The third-order valence-corrected chi connectivity index (χ3v) is 3.31. The molecule has 2 aromatic rings. The van der Waals surface area contributed by atoms with Crippen molar-refractivity contribution in [2.24, 2.45) is 4.99 Å². The molecule has 0 saturated heterocycles. The fourth-order valence-electron chi connectivity index (χ4n) is 2.21. The smallest absolute Gasteiger partial charge is 0.353 e. The average molecular weight is 270 g/mol. The lowest BCUT2D eigenvalue weighted by Gasteiger charge is -2.13. The molecule has 3 rings (SSSR count). The highest BCUT2D eigenvalue weighted by molar-refractivity contribution is 6.00. The van der Waals surface area contributed by atoms with Crippen LogP contribution in [0.4, 0.5) is 0 Å². The van der Waals surface area contributed by atoms with Crippen molar-refractivity contribution in [3.63, 3.8) is 0 Å². The van der Waals surface area contributed by atoms with Gasteiger partial charge in [-0.05, 0) is 6.07 Å². The van der Waals surface area contributed by atoms with E-state index in [9.17, 15) is 4.79 Å². The maximum Gasteiger partial charge on any atom is 0.353 e. The summed E-state index contributed by atoms with van der Waals surface area (Å²) in [4.78, 5) is 17.4. The van der Waals surface area contributed by atoms with Crippen LogP contribution in [0.5, 0.6) is 0 Å². The zero-order valence-electron chi connectivity index (χ0n) is 11.0. The van der Waals surface area contributed by atoms with Gasteiger partial charge < -0.3 is 10.0 Å². The first kappa shape index (κ1) is 12.4. The number of benzene rings is 1. The molecule has 0 fully saturated rings. The number of hydrogen-bond acceptors (Lipinski definition) is 4. The molecule has 6 heteroatoms. The minimum absolute atomic E-state index is 0.0870. The van der Waals surface area contributed by atoms with Crippen molar-refractivity contribution in [1.82, 2.24) is 15.1 Å². The van der Waals surface area contributed by atoms with Crippen LogP contribution in [-0.4, -0.2) is 52.1 Å². The average Bonchev–Trinajstić information content (AvgIpc) is 3.07. The first-order chi connectivity index (χ1) is 9.65. The quantitative estimate of drug-likeness (QED) is 0.884. The number of likely N-dealkylation sites (N-methyl/N-ethyl adjacent to an activating group) is 1. The normalized spacial score (nSPS) is 14.4. The topological polar surface area (TPSA) is 81.6 Å². The molecule has 0 atom stereocenters. The number of aliphatic imine (C=N–C) groups is 1.